The van der Waals surface area contributed by atoms with E-state index < -0.39 is 23.4 Å². The summed E-state index contributed by atoms with van der Waals surface area (Å²) in [6.45, 7) is 7.71. The molecule has 9 heteroatoms. The number of piperidine rings is 1. The standard InChI is InChI=1S/C16H23F3N4O2/c1-10-5-6-12(9-23(10)14(24)25-15(2,3)4)22-13-20-7-11(8-21-13)16(17,18)19/h7-8,10,12H,5-6,9H2,1-4H3,(H,20,21,22)/t10-,12+/m0/s1. The van der Waals surface area contributed by atoms with Crippen molar-refractivity contribution >= 4 is 12.0 Å². The van der Waals surface area contributed by atoms with Crippen LogP contribution in [0.1, 0.15) is 46.1 Å². The van der Waals surface area contributed by atoms with E-state index in [4.69, 9.17) is 4.74 Å². The zero-order chi connectivity index (χ0) is 18.8. The molecule has 1 saturated heterocycles. The number of nitrogens with one attached hydrogen (secondary N) is 1. The number of amides is 1. The number of likely N-dealkylation sites (tertiary alicyclic amines) is 1. The quantitative estimate of drug-likeness (QED) is 0.871. The topological polar surface area (TPSA) is 67.4 Å². The molecule has 2 rings (SSSR count). The van der Waals surface area contributed by atoms with Crippen LogP contribution in [0.4, 0.5) is 23.9 Å². The molecule has 2 atom stereocenters. The number of nitrogens with zero attached hydrogens (tertiary/aromatic N) is 3. The Hall–Kier alpha value is -2.06. The largest absolute Gasteiger partial charge is 0.444 e. The number of rotatable bonds is 2. The fraction of sp³-hybridized carbons (Fsp3) is 0.688. The first-order valence-electron chi connectivity index (χ1n) is 8.11. The van der Waals surface area contributed by atoms with Crippen molar-refractivity contribution < 1.29 is 22.7 Å². The van der Waals surface area contributed by atoms with Crippen LogP contribution in [0, 0.1) is 0 Å². The van der Waals surface area contributed by atoms with Gasteiger partial charge in [-0.2, -0.15) is 13.2 Å². The minimum absolute atomic E-state index is 0.0291. The van der Waals surface area contributed by atoms with Crippen molar-refractivity contribution in [2.75, 3.05) is 11.9 Å². The molecule has 0 spiro atoms. The van der Waals surface area contributed by atoms with Crippen LogP contribution in [-0.4, -0.2) is 45.2 Å². The second-order valence-electron chi connectivity index (χ2n) is 7.19. The van der Waals surface area contributed by atoms with E-state index in [-0.39, 0.29) is 18.0 Å². The molecule has 0 radical (unpaired) electrons. The van der Waals surface area contributed by atoms with E-state index in [1.807, 2.05) is 6.92 Å². The van der Waals surface area contributed by atoms with Gasteiger partial charge in [0.1, 0.15) is 5.60 Å². The second kappa shape index (κ2) is 7.05. The third-order valence-corrected chi connectivity index (χ3v) is 3.82. The predicted octanol–water partition coefficient (Wildman–Crippen LogP) is 3.70. The van der Waals surface area contributed by atoms with Gasteiger partial charge < -0.3 is 15.0 Å². The first kappa shape index (κ1) is 19.3. The van der Waals surface area contributed by atoms with Gasteiger partial charge in [0, 0.05) is 31.0 Å². The molecule has 0 unspecified atom stereocenters. The Labute approximate surface area is 144 Å². The minimum Gasteiger partial charge on any atom is -0.444 e. The molecule has 1 N–H and O–H groups in total. The lowest BCUT2D eigenvalue weighted by atomic mass is 10.00. The Morgan fingerprint density at radius 2 is 1.84 bits per heavy atom. The van der Waals surface area contributed by atoms with Gasteiger partial charge in [0.05, 0.1) is 5.56 Å². The molecular formula is C16H23F3N4O2. The van der Waals surface area contributed by atoms with E-state index in [1.54, 1.807) is 25.7 Å². The molecule has 0 aromatic carbocycles. The van der Waals surface area contributed by atoms with E-state index in [0.717, 1.165) is 25.2 Å². The molecule has 1 aliphatic heterocycles. The number of carbonyl (C=O) groups is 1. The third kappa shape index (κ3) is 5.47. The molecule has 6 nitrogen and oxygen atoms in total. The lowest BCUT2D eigenvalue weighted by Gasteiger charge is -2.38. The molecule has 1 aromatic heterocycles. The van der Waals surface area contributed by atoms with Gasteiger partial charge in [-0.05, 0) is 40.5 Å². The Balaban J connectivity index is 2.00. The summed E-state index contributed by atoms with van der Waals surface area (Å²) < 4.78 is 43.0. The molecule has 0 aliphatic carbocycles. The van der Waals surface area contributed by atoms with Crippen LogP contribution < -0.4 is 5.32 Å². The highest BCUT2D eigenvalue weighted by Gasteiger charge is 2.33. The monoisotopic (exact) mass is 360 g/mol. The van der Waals surface area contributed by atoms with E-state index in [0.29, 0.717) is 6.54 Å². The Kier molecular flexibility index (Phi) is 5.43. The number of aromatic nitrogens is 2. The van der Waals surface area contributed by atoms with Crippen molar-refractivity contribution in [1.82, 2.24) is 14.9 Å². The third-order valence-electron chi connectivity index (χ3n) is 3.82. The molecule has 1 aliphatic rings. The Morgan fingerprint density at radius 3 is 2.36 bits per heavy atom. The zero-order valence-electron chi connectivity index (χ0n) is 14.7. The molecule has 1 aromatic rings. The van der Waals surface area contributed by atoms with Crippen LogP contribution in [0.25, 0.3) is 0 Å². The summed E-state index contributed by atoms with van der Waals surface area (Å²) in [4.78, 5) is 21.3. The zero-order valence-corrected chi connectivity index (χ0v) is 14.7. The number of carbonyl (C=O) groups excluding carboxylic acids is 1. The van der Waals surface area contributed by atoms with Crippen molar-refractivity contribution in [2.45, 2.75) is 64.4 Å². The molecule has 2 heterocycles. The number of hydrogen-bond acceptors (Lipinski definition) is 5. The maximum atomic E-state index is 12.5. The molecule has 140 valence electrons. The summed E-state index contributed by atoms with van der Waals surface area (Å²) in [7, 11) is 0. The summed E-state index contributed by atoms with van der Waals surface area (Å²) in [5, 5.41) is 2.99. The first-order chi connectivity index (χ1) is 11.5. The van der Waals surface area contributed by atoms with Gasteiger partial charge in [-0.1, -0.05) is 0 Å². The maximum Gasteiger partial charge on any atom is 0.419 e. The highest BCUT2D eigenvalue weighted by atomic mass is 19.4. The maximum absolute atomic E-state index is 12.5. The van der Waals surface area contributed by atoms with Gasteiger partial charge in [-0.15, -0.1) is 0 Å². The van der Waals surface area contributed by atoms with Crippen LogP contribution in [-0.2, 0) is 10.9 Å². The van der Waals surface area contributed by atoms with Crippen molar-refractivity contribution in [3.63, 3.8) is 0 Å². The van der Waals surface area contributed by atoms with Gasteiger partial charge in [-0.3, -0.25) is 0 Å². The van der Waals surface area contributed by atoms with E-state index in [2.05, 4.69) is 15.3 Å². The van der Waals surface area contributed by atoms with Crippen LogP contribution in [0.3, 0.4) is 0 Å². The highest BCUT2D eigenvalue weighted by Crippen LogP contribution is 2.28. The van der Waals surface area contributed by atoms with Crippen LogP contribution in [0.5, 0.6) is 0 Å². The van der Waals surface area contributed by atoms with Gasteiger partial charge >= 0.3 is 12.3 Å². The van der Waals surface area contributed by atoms with Gasteiger partial charge in [0.15, 0.2) is 0 Å². The first-order valence-corrected chi connectivity index (χ1v) is 8.11. The van der Waals surface area contributed by atoms with Crippen LogP contribution in [0.2, 0.25) is 0 Å². The van der Waals surface area contributed by atoms with Gasteiger partial charge in [0.25, 0.3) is 0 Å². The van der Waals surface area contributed by atoms with Crippen molar-refractivity contribution in [2.24, 2.45) is 0 Å². The summed E-state index contributed by atoms with van der Waals surface area (Å²) in [6.07, 6.45) is -1.88. The lowest BCUT2D eigenvalue weighted by Crippen LogP contribution is -2.51. The lowest BCUT2D eigenvalue weighted by molar-refractivity contribution is -0.138. The number of ether oxygens (including phenoxy) is 1. The summed E-state index contributed by atoms with van der Waals surface area (Å²) >= 11 is 0. The molecule has 25 heavy (non-hydrogen) atoms. The van der Waals surface area contributed by atoms with Gasteiger partial charge in [-0.25, -0.2) is 14.8 Å². The van der Waals surface area contributed by atoms with Crippen molar-refractivity contribution in [1.29, 1.82) is 0 Å². The highest BCUT2D eigenvalue weighted by molar-refractivity contribution is 5.68. The SMILES string of the molecule is C[C@H]1CC[C@@H](Nc2ncc(C(F)(F)F)cn2)CN1C(=O)OC(C)(C)C. The molecular weight excluding hydrogens is 337 g/mol. The van der Waals surface area contributed by atoms with Crippen molar-refractivity contribution in [3.8, 4) is 0 Å². The number of alkyl halides is 3. The Bertz CT molecular complexity index is 599. The average Bonchev–Trinajstić information content (AvgIpc) is 2.47. The van der Waals surface area contributed by atoms with E-state index in [1.165, 1.54) is 0 Å². The smallest absolute Gasteiger partial charge is 0.419 e. The normalized spacial score (nSPS) is 21.8. The van der Waals surface area contributed by atoms with Crippen LogP contribution in [0.15, 0.2) is 12.4 Å². The number of halogens is 3. The predicted molar refractivity (Wildman–Crippen MR) is 86.1 cm³/mol. The van der Waals surface area contributed by atoms with E-state index >= 15 is 0 Å². The Morgan fingerprint density at radius 1 is 1.24 bits per heavy atom. The van der Waals surface area contributed by atoms with Crippen molar-refractivity contribution in [3.05, 3.63) is 18.0 Å². The average molecular weight is 360 g/mol. The molecule has 1 amide bonds. The number of hydrogen-bond donors (Lipinski definition) is 1. The summed E-state index contributed by atoms with van der Waals surface area (Å²) in [6, 6.07) is -0.123. The summed E-state index contributed by atoms with van der Waals surface area (Å²) in [5.74, 6) is 0.108. The minimum atomic E-state index is -4.47. The molecule has 0 saturated carbocycles. The molecule has 1 fully saturated rings. The molecule has 0 bridgehead atoms. The fourth-order valence-electron chi connectivity index (χ4n) is 2.53. The number of anilines is 1. The fourth-order valence-corrected chi connectivity index (χ4v) is 2.53. The van der Waals surface area contributed by atoms with Crippen LogP contribution >= 0.6 is 0 Å². The summed E-state index contributed by atoms with van der Waals surface area (Å²) in [5.41, 5.74) is -1.49. The second-order valence-corrected chi connectivity index (χ2v) is 7.19. The van der Waals surface area contributed by atoms with E-state index in [9.17, 15) is 18.0 Å². The van der Waals surface area contributed by atoms with Gasteiger partial charge in [0.2, 0.25) is 5.95 Å².